The summed E-state index contributed by atoms with van der Waals surface area (Å²) >= 11 is 0. The van der Waals surface area contributed by atoms with E-state index >= 15 is 0 Å². The Hall–Kier alpha value is -6.46. The maximum Gasteiger partial charge on any atom is 0.181 e. The number of rotatable bonds is 5. The number of hydrogen-bond acceptors (Lipinski definition) is 3. The van der Waals surface area contributed by atoms with Gasteiger partial charge in [0.15, 0.2) is 11.6 Å². The van der Waals surface area contributed by atoms with Crippen LogP contribution in [0.5, 0.6) is 0 Å². The van der Waals surface area contributed by atoms with E-state index in [2.05, 4.69) is 154 Å². The van der Waals surface area contributed by atoms with E-state index < -0.39 is 5.41 Å². The van der Waals surface area contributed by atoms with Crippen LogP contribution in [0.2, 0.25) is 0 Å². The predicted octanol–water partition coefficient (Wildman–Crippen LogP) is 9.43. The Morgan fingerprint density at radius 1 is 0.571 bits per heavy atom. The molecule has 49 heavy (non-hydrogen) atoms. The van der Waals surface area contributed by atoms with E-state index in [9.17, 15) is 0 Å². The normalized spacial score (nSPS) is 14.6. The summed E-state index contributed by atoms with van der Waals surface area (Å²) in [6.45, 7) is 0.623. The second kappa shape index (κ2) is 10.8. The van der Waals surface area contributed by atoms with Gasteiger partial charge in [0.1, 0.15) is 5.82 Å². The van der Waals surface area contributed by atoms with Crippen LogP contribution >= 0.6 is 0 Å². The molecule has 0 spiro atoms. The fourth-order valence-electron chi connectivity index (χ4n) is 8.08. The molecule has 1 aliphatic heterocycles. The Morgan fingerprint density at radius 3 is 1.98 bits per heavy atom. The third kappa shape index (κ3) is 4.06. The molecule has 3 heterocycles. The van der Waals surface area contributed by atoms with Crippen LogP contribution in [0.1, 0.15) is 28.1 Å². The first-order valence-electron chi connectivity index (χ1n) is 16.7. The minimum Gasteiger partial charge on any atom is -0.367 e. The van der Waals surface area contributed by atoms with Crippen LogP contribution in [0.4, 0.5) is 0 Å². The third-order valence-corrected chi connectivity index (χ3v) is 10.2. The molecule has 232 valence electrons. The van der Waals surface area contributed by atoms with Gasteiger partial charge in [0.25, 0.3) is 0 Å². The van der Waals surface area contributed by atoms with Gasteiger partial charge in [-0.25, -0.2) is 4.98 Å². The van der Waals surface area contributed by atoms with E-state index in [1.807, 2.05) is 30.3 Å². The van der Waals surface area contributed by atoms with Crippen molar-refractivity contribution < 1.29 is 0 Å². The second-order valence-corrected chi connectivity index (χ2v) is 12.8. The van der Waals surface area contributed by atoms with Crippen LogP contribution in [-0.2, 0) is 5.41 Å². The monoisotopic (exact) mass is 629 g/mol. The van der Waals surface area contributed by atoms with Crippen molar-refractivity contribution in [3.63, 3.8) is 0 Å². The largest absolute Gasteiger partial charge is 0.367 e. The van der Waals surface area contributed by atoms with E-state index in [0.29, 0.717) is 12.4 Å². The predicted molar refractivity (Wildman–Crippen MR) is 199 cm³/mol. The van der Waals surface area contributed by atoms with Crippen molar-refractivity contribution in [1.29, 1.82) is 0 Å². The number of nitrogens with zero attached hydrogens (tertiary/aromatic N) is 3. The van der Waals surface area contributed by atoms with Gasteiger partial charge in [-0.1, -0.05) is 133 Å². The molecular weight excluding hydrogens is 599 g/mol. The zero-order chi connectivity index (χ0) is 32.4. The number of H-pyrrole nitrogens is 1. The van der Waals surface area contributed by atoms with Crippen molar-refractivity contribution in [1.82, 2.24) is 25.1 Å². The highest BCUT2D eigenvalue weighted by Gasteiger charge is 2.46. The van der Waals surface area contributed by atoms with Gasteiger partial charge in [-0.15, -0.1) is 0 Å². The smallest absolute Gasteiger partial charge is 0.181 e. The number of fused-ring (bicyclic) bond motifs is 6. The maximum absolute atomic E-state index is 4.81. The summed E-state index contributed by atoms with van der Waals surface area (Å²) in [6, 6.07) is 54.6. The zero-order valence-corrected chi connectivity index (χ0v) is 26.6. The molecule has 0 atom stereocenters. The number of dihydropyridines is 1. The van der Waals surface area contributed by atoms with Crippen molar-refractivity contribution in [3.8, 4) is 22.5 Å². The lowest BCUT2D eigenvalue weighted by Gasteiger charge is -2.34. The number of aromatic amines is 1. The lowest BCUT2D eigenvalue weighted by atomic mass is 9.67. The number of benzene rings is 6. The quantitative estimate of drug-likeness (QED) is 0.199. The molecule has 8 aromatic rings. The van der Waals surface area contributed by atoms with Gasteiger partial charge in [-0.05, 0) is 63.7 Å². The van der Waals surface area contributed by atoms with Gasteiger partial charge in [-0.3, -0.25) is 9.67 Å². The highest BCUT2D eigenvalue weighted by atomic mass is 15.2. The lowest BCUT2D eigenvalue weighted by Crippen LogP contribution is -2.28. The fourth-order valence-corrected chi connectivity index (χ4v) is 8.08. The molecule has 1 aliphatic carbocycles. The van der Waals surface area contributed by atoms with E-state index in [1.165, 1.54) is 55.2 Å². The zero-order valence-electron chi connectivity index (χ0n) is 26.6. The highest BCUT2D eigenvalue weighted by Crippen LogP contribution is 2.57. The van der Waals surface area contributed by atoms with Gasteiger partial charge in [0, 0.05) is 28.5 Å². The standard InChI is InChI=1S/C44H31N5/c1-4-14-29(15-5-1)42-46-43(48-47-42)30-24-25-41(45-28-30)49-39-23-13-11-21-34(39)36-26-35-33-20-10-12-22-37(33)44(38(35)27-40(36)49,31-16-6-2-7-17-31)32-18-8-3-9-19-32/h1-27,45H,28H2,(H,46,47,48). The van der Waals surface area contributed by atoms with Gasteiger partial charge in [0.05, 0.1) is 16.4 Å². The summed E-state index contributed by atoms with van der Waals surface area (Å²) < 4.78 is 2.39. The number of aromatic nitrogens is 4. The molecule has 0 saturated heterocycles. The third-order valence-electron chi connectivity index (χ3n) is 10.2. The highest BCUT2D eigenvalue weighted by molar-refractivity contribution is 6.12. The summed E-state index contributed by atoms with van der Waals surface area (Å²) in [4.78, 5) is 4.81. The molecule has 0 saturated carbocycles. The molecule has 2 N–H and O–H groups in total. The Morgan fingerprint density at radius 2 is 1.24 bits per heavy atom. The fraction of sp³-hybridized carbons (Fsp3) is 0.0455. The topological polar surface area (TPSA) is 58.5 Å². The average molecular weight is 630 g/mol. The van der Waals surface area contributed by atoms with Gasteiger partial charge < -0.3 is 5.32 Å². The molecule has 0 amide bonds. The van der Waals surface area contributed by atoms with Crippen molar-refractivity contribution in [3.05, 3.63) is 192 Å². The molecule has 0 bridgehead atoms. The summed E-state index contributed by atoms with van der Waals surface area (Å²) in [5, 5.41) is 13.9. The summed E-state index contributed by atoms with van der Waals surface area (Å²) in [6.07, 6.45) is 4.32. The Bertz CT molecular complexity index is 2550. The molecule has 2 aliphatic rings. The Kier molecular flexibility index (Phi) is 6.09. The number of allylic oxidation sites excluding steroid dienone is 2. The summed E-state index contributed by atoms with van der Waals surface area (Å²) in [5.74, 6) is 2.50. The minimum atomic E-state index is -0.464. The molecule has 5 heteroatoms. The van der Waals surface area contributed by atoms with Crippen LogP contribution in [0, 0.1) is 0 Å². The number of nitrogens with one attached hydrogen (secondary N) is 2. The summed E-state index contributed by atoms with van der Waals surface area (Å²) in [7, 11) is 0. The van der Waals surface area contributed by atoms with Gasteiger partial charge >= 0.3 is 0 Å². The minimum absolute atomic E-state index is 0.464. The first-order chi connectivity index (χ1) is 24.3. The second-order valence-electron chi connectivity index (χ2n) is 12.8. The Balaban J connectivity index is 1.20. The molecule has 10 rings (SSSR count). The van der Waals surface area contributed by atoms with Crippen molar-refractivity contribution in [2.75, 3.05) is 6.54 Å². The van der Waals surface area contributed by atoms with E-state index in [-0.39, 0.29) is 0 Å². The Labute approximate surface area is 283 Å². The van der Waals surface area contributed by atoms with Crippen LogP contribution in [0.3, 0.4) is 0 Å². The van der Waals surface area contributed by atoms with Crippen molar-refractivity contribution in [2.24, 2.45) is 0 Å². The lowest BCUT2D eigenvalue weighted by molar-refractivity contribution is 0.769. The number of para-hydroxylation sites is 1. The van der Waals surface area contributed by atoms with Crippen molar-refractivity contribution in [2.45, 2.75) is 5.41 Å². The average Bonchev–Trinajstić information content (AvgIpc) is 3.87. The SMILES string of the molecule is C1=C(c2nc(-c3ccccc3)n[nH]2)CNC(n2c3ccccc3c3cc4c(cc32)C(c2ccccc2)(c2ccccc2)c2ccccc2-4)=C1. The van der Waals surface area contributed by atoms with E-state index in [1.54, 1.807) is 0 Å². The first kappa shape index (κ1) is 27.6. The molecule has 0 radical (unpaired) electrons. The molecule has 6 aromatic carbocycles. The summed E-state index contributed by atoms with van der Waals surface area (Å²) in [5.41, 5.74) is 11.6. The van der Waals surface area contributed by atoms with E-state index in [0.717, 1.165) is 22.8 Å². The molecule has 5 nitrogen and oxygen atoms in total. The van der Waals surface area contributed by atoms with Crippen LogP contribution < -0.4 is 5.32 Å². The van der Waals surface area contributed by atoms with Crippen LogP contribution in [0.25, 0.3) is 55.7 Å². The maximum atomic E-state index is 4.81. The van der Waals surface area contributed by atoms with Crippen molar-refractivity contribution >= 4 is 33.2 Å². The molecular formula is C44H31N5. The molecule has 2 aromatic heterocycles. The van der Waals surface area contributed by atoms with E-state index in [4.69, 9.17) is 4.98 Å². The van der Waals surface area contributed by atoms with Gasteiger partial charge in [-0.2, -0.15) is 5.10 Å². The number of hydrogen-bond donors (Lipinski definition) is 2. The first-order valence-corrected chi connectivity index (χ1v) is 16.7. The molecule has 0 unspecified atom stereocenters. The van der Waals surface area contributed by atoms with Crippen LogP contribution in [-0.4, -0.2) is 26.3 Å². The van der Waals surface area contributed by atoms with Gasteiger partial charge in [0.2, 0.25) is 0 Å². The molecule has 0 fully saturated rings. The van der Waals surface area contributed by atoms with Crippen LogP contribution in [0.15, 0.2) is 164 Å².